The maximum absolute atomic E-state index is 12.1. The summed E-state index contributed by atoms with van der Waals surface area (Å²) in [4.78, 5) is 24.5. The van der Waals surface area contributed by atoms with E-state index in [0.29, 0.717) is 25.9 Å². The lowest BCUT2D eigenvalue weighted by Gasteiger charge is -2.43. The van der Waals surface area contributed by atoms with Crippen LogP contribution in [0.5, 0.6) is 0 Å². The molecule has 0 unspecified atom stereocenters. The number of hydrogen-bond donors (Lipinski definition) is 3. The number of benzene rings is 1. The molecule has 0 saturated carbocycles. The predicted molar refractivity (Wildman–Crippen MR) is 83.0 cm³/mol. The molecule has 120 valence electrons. The number of hydrogen-bond acceptors (Lipinski definition) is 3. The maximum atomic E-state index is 12.1. The fourth-order valence-electron chi connectivity index (χ4n) is 2.80. The topological polar surface area (TPSA) is 95.7 Å². The second-order valence-corrected chi connectivity index (χ2v) is 6.05. The fraction of sp³-hybridized carbons (Fsp3) is 0.500. The molecule has 1 aromatic rings. The van der Waals surface area contributed by atoms with Crippen LogP contribution >= 0.6 is 0 Å². The van der Waals surface area contributed by atoms with Gasteiger partial charge in [0.1, 0.15) is 0 Å². The minimum absolute atomic E-state index is 0.0406. The van der Waals surface area contributed by atoms with Crippen LogP contribution in [0.15, 0.2) is 30.3 Å². The smallest absolute Gasteiger partial charge is 0.312 e. The first-order valence-corrected chi connectivity index (χ1v) is 7.46. The van der Waals surface area contributed by atoms with Gasteiger partial charge in [-0.05, 0) is 25.3 Å². The van der Waals surface area contributed by atoms with E-state index in [1.807, 2.05) is 37.3 Å². The van der Waals surface area contributed by atoms with Crippen LogP contribution in [0.4, 0.5) is 4.79 Å². The zero-order valence-corrected chi connectivity index (χ0v) is 12.8. The standard InChI is InChI=1S/C16H23N3O3/c1-16(22)7-8-19(14(20)10-18-15(17)21)11-13(16)9-12-5-3-2-4-6-12/h2-6,13,22H,7-11H2,1H3,(H3,17,18,21)/t13-,16+/m0/s1. The first kappa shape index (κ1) is 16.3. The number of aliphatic hydroxyl groups is 1. The van der Waals surface area contributed by atoms with Crippen LogP contribution in [0.1, 0.15) is 18.9 Å². The first-order chi connectivity index (χ1) is 10.4. The number of primary amides is 1. The minimum Gasteiger partial charge on any atom is -0.390 e. The average Bonchev–Trinajstić information content (AvgIpc) is 2.48. The number of carbonyl (C=O) groups is 2. The molecule has 0 bridgehead atoms. The molecule has 1 aromatic carbocycles. The lowest BCUT2D eigenvalue weighted by Crippen LogP contribution is -2.54. The van der Waals surface area contributed by atoms with Crippen LogP contribution in [-0.4, -0.2) is 47.2 Å². The Bertz CT molecular complexity index is 531. The summed E-state index contributed by atoms with van der Waals surface area (Å²) in [6.07, 6.45) is 1.23. The van der Waals surface area contributed by atoms with Crippen molar-refractivity contribution in [3.05, 3.63) is 35.9 Å². The van der Waals surface area contributed by atoms with Gasteiger partial charge in [-0.25, -0.2) is 4.79 Å². The third-order valence-electron chi connectivity index (χ3n) is 4.30. The van der Waals surface area contributed by atoms with E-state index in [-0.39, 0.29) is 18.4 Å². The van der Waals surface area contributed by atoms with Gasteiger partial charge in [-0.1, -0.05) is 30.3 Å². The van der Waals surface area contributed by atoms with E-state index < -0.39 is 11.6 Å². The van der Waals surface area contributed by atoms with E-state index in [1.165, 1.54) is 0 Å². The largest absolute Gasteiger partial charge is 0.390 e. The Morgan fingerprint density at radius 3 is 2.73 bits per heavy atom. The van der Waals surface area contributed by atoms with Crippen molar-refractivity contribution in [3.8, 4) is 0 Å². The average molecular weight is 305 g/mol. The lowest BCUT2D eigenvalue weighted by atomic mass is 9.79. The lowest BCUT2D eigenvalue weighted by molar-refractivity contribution is -0.137. The summed E-state index contributed by atoms with van der Waals surface area (Å²) >= 11 is 0. The van der Waals surface area contributed by atoms with Crippen molar-refractivity contribution in [3.63, 3.8) is 0 Å². The number of amides is 3. The summed E-state index contributed by atoms with van der Waals surface area (Å²) in [6, 6.07) is 9.21. The molecular formula is C16H23N3O3. The highest BCUT2D eigenvalue weighted by Gasteiger charge is 2.38. The highest BCUT2D eigenvalue weighted by Crippen LogP contribution is 2.30. The van der Waals surface area contributed by atoms with E-state index in [2.05, 4.69) is 5.32 Å². The molecule has 0 radical (unpaired) electrons. The van der Waals surface area contributed by atoms with Gasteiger partial charge in [0.15, 0.2) is 0 Å². The second-order valence-electron chi connectivity index (χ2n) is 6.05. The Morgan fingerprint density at radius 1 is 1.41 bits per heavy atom. The zero-order valence-electron chi connectivity index (χ0n) is 12.8. The highest BCUT2D eigenvalue weighted by molar-refractivity contribution is 5.83. The van der Waals surface area contributed by atoms with Crippen LogP contribution in [0.3, 0.4) is 0 Å². The summed E-state index contributed by atoms with van der Waals surface area (Å²) in [5.41, 5.74) is 5.32. The maximum Gasteiger partial charge on any atom is 0.312 e. The SMILES string of the molecule is C[C@@]1(O)CCN(C(=O)CNC(N)=O)C[C@@H]1Cc1ccccc1. The molecule has 1 saturated heterocycles. The molecule has 0 aliphatic carbocycles. The van der Waals surface area contributed by atoms with Crippen molar-refractivity contribution in [2.24, 2.45) is 11.7 Å². The molecule has 22 heavy (non-hydrogen) atoms. The predicted octanol–water partition coefficient (Wildman–Crippen LogP) is 0.497. The van der Waals surface area contributed by atoms with Crippen LogP contribution in [0, 0.1) is 5.92 Å². The van der Waals surface area contributed by atoms with Gasteiger partial charge in [0.05, 0.1) is 12.1 Å². The Labute approximate surface area is 130 Å². The van der Waals surface area contributed by atoms with Gasteiger partial charge in [-0.3, -0.25) is 4.79 Å². The molecule has 1 aliphatic heterocycles. The van der Waals surface area contributed by atoms with E-state index >= 15 is 0 Å². The third-order valence-corrected chi connectivity index (χ3v) is 4.30. The number of carbonyl (C=O) groups excluding carboxylic acids is 2. The number of urea groups is 1. The van der Waals surface area contributed by atoms with Crippen LogP contribution < -0.4 is 11.1 Å². The number of nitrogens with two attached hydrogens (primary N) is 1. The normalized spacial score (nSPS) is 24.8. The first-order valence-electron chi connectivity index (χ1n) is 7.46. The van der Waals surface area contributed by atoms with Gasteiger partial charge in [0, 0.05) is 19.0 Å². The third kappa shape index (κ3) is 4.21. The fourth-order valence-corrected chi connectivity index (χ4v) is 2.80. The summed E-state index contributed by atoms with van der Waals surface area (Å²) in [7, 11) is 0. The molecular weight excluding hydrogens is 282 g/mol. The Morgan fingerprint density at radius 2 is 2.09 bits per heavy atom. The molecule has 1 heterocycles. The van der Waals surface area contributed by atoms with Gasteiger partial charge in [0.25, 0.3) is 0 Å². The number of nitrogens with zero attached hydrogens (tertiary/aromatic N) is 1. The van der Waals surface area contributed by atoms with E-state index in [1.54, 1.807) is 4.90 Å². The molecule has 6 nitrogen and oxygen atoms in total. The number of rotatable bonds is 4. The van der Waals surface area contributed by atoms with Crippen LogP contribution in [0.25, 0.3) is 0 Å². The van der Waals surface area contributed by atoms with Gasteiger partial charge >= 0.3 is 6.03 Å². The summed E-state index contributed by atoms with van der Waals surface area (Å²) in [5.74, 6) is -0.214. The highest BCUT2D eigenvalue weighted by atomic mass is 16.3. The zero-order chi connectivity index (χ0) is 16.2. The van der Waals surface area contributed by atoms with Gasteiger partial charge in [-0.15, -0.1) is 0 Å². The molecule has 6 heteroatoms. The van der Waals surface area contributed by atoms with Crippen LogP contribution in [0.2, 0.25) is 0 Å². The molecule has 1 fully saturated rings. The van der Waals surface area contributed by atoms with E-state index in [0.717, 1.165) is 5.56 Å². The minimum atomic E-state index is -0.802. The molecule has 2 rings (SSSR count). The van der Waals surface area contributed by atoms with Crippen molar-refractivity contribution in [2.45, 2.75) is 25.4 Å². The number of piperidine rings is 1. The Hall–Kier alpha value is -2.08. The van der Waals surface area contributed by atoms with E-state index in [4.69, 9.17) is 5.73 Å². The quantitative estimate of drug-likeness (QED) is 0.755. The van der Waals surface area contributed by atoms with Gasteiger partial charge < -0.3 is 21.1 Å². The number of likely N-dealkylation sites (tertiary alicyclic amines) is 1. The molecule has 0 aromatic heterocycles. The molecule has 0 spiro atoms. The van der Waals surface area contributed by atoms with Crippen molar-refractivity contribution >= 4 is 11.9 Å². The Balaban J connectivity index is 2.00. The molecule has 2 atom stereocenters. The summed E-state index contributed by atoms with van der Waals surface area (Å²) in [5, 5.41) is 12.9. The van der Waals surface area contributed by atoms with Gasteiger partial charge in [-0.2, -0.15) is 0 Å². The van der Waals surface area contributed by atoms with Gasteiger partial charge in [0.2, 0.25) is 5.91 Å². The number of nitrogens with one attached hydrogen (secondary N) is 1. The monoisotopic (exact) mass is 305 g/mol. The summed E-state index contributed by atoms with van der Waals surface area (Å²) < 4.78 is 0. The van der Waals surface area contributed by atoms with E-state index in [9.17, 15) is 14.7 Å². The molecule has 1 aliphatic rings. The summed E-state index contributed by atoms with van der Waals surface area (Å²) in [6.45, 7) is 2.68. The van der Waals surface area contributed by atoms with Crippen molar-refractivity contribution in [1.29, 1.82) is 0 Å². The van der Waals surface area contributed by atoms with Crippen molar-refractivity contribution < 1.29 is 14.7 Å². The van der Waals surface area contributed by atoms with Crippen LogP contribution in [-0.2, 0) is 11.2 Å². The van der Waals surface area contributed by atoms with Crippen molar-refractivity contribution in [1.82, 2.24) is 10.2 Å². The molecule has 4 N–H and O–H groups in total. The van der Waals surface area contributed by atoms with Crippen molar-refractivity contribution in [2.75, 3.05) is 19.6 Å². The Kier molecular flexibility index (Phi) is 5.03. The second kappa shape index (κ2) is 6.79. The molecule has 3 amide bonds.